The van der Waals surface area contributed by atoms with E-state index >= 15 is 0 Å². The molecule has 2 heterocycles. The maximum atomic E-state index is 5.67. The van der Waals surface area contributed by atoms with E-state index in [1.807, 2.05) is 31.5 Å². The zero-order valence-electron chi connectivity index (χ0n) is 9.26. The van der Waals surface area contributed by atoms with Crippen molar-refractivity contribution in [3.8, 4) is 5.75 Å². The summed E-state index contributed by atoms with van der Waals surface area (Å²) in [6.45, 7) is 3.75. The lowest BCUT2D eigenvalue weighted by molar-refractivity contribution is 0.318. The van der Waals surface area contributed by atoms with Crippen molar-refractivity contribution in [2.45, 2.75) is 19.4 Å². The quantitative estimate of drug-likeness (QED) is 0.767. The summed E-state index contributed by atoms with van der Waals surface area (Å²) in [5.74, 6) is 2.54. The highest BCUT2D eigenvalue weighted by Gasteiger charge is 2.23. The van der Waals surface area contributed by atoms with Gasteiger partial charge in [0, 0.05) is 30.4 Å². The topological polar surface area (TPSA) is 27.1 Å². The molecule has 1 aliphatic rings. The van der Waals surface area contributed by atoms with Gasteiger partial charge in [0.2, 0.25) is 0 Å². The molecule has 0 spiro atoms. The van der Waals surface area contributed by atoms with E-state index in [0.29, 0.717) is 5.92 Å². The Labute approximate surface area is 94.7 Å². The van der Waals surface area contributed by atoms with Gasteiger partial charge in [0.25, 0.3) is 0 Å². The lowest BCUT2D eigenvalue weighted by Gasteiger charge is -2.10. The first-order valence-electron chi connectivity index (χ1n) is 5.54. The zero-order valence-corrected chi connectivity index (χ0v) is 9.26. The van der Waals surface area contributed by atoms with Gasteiger partial charge in [-0.2, -0.15) is 0 Å². The number of ether oxygens (including phenoxy) is 1. The van der Waals surface area contributed by atoms with E-state index in [9.17, 15) is 0 Å². The second kappa shape index (κ2) is 3.67. The van der Waals surface area contributed by atoms with Crippen molar-refractivity contribution in [3.63, 3.8) is 0 Å². The van der Waals surface area contributed by atoms with Gasteiger partial charge in [0.05, 0.1) is 6.61 Å². The fourth-order valence-electron chi connectivity index (χ4n) is 2.21. The average Bonchev–Trinajstić information content (AvgIpc) is 2.88. The maximum Gasteiger partial charge on any atom is 0.122 e. The summed E-state index contributed by atoms with van der Waals surface area (Å²) in [7, 11) is 0. The molecule has 0 N–H and O–H groups in total. The van der Waals surface area contributed by atoms with Crippen molar-refractivity contribution in [1.29, 1.82) is 0 Å². The summed E-state index contributed by atoms with van der Waals surface area (Å²) in [6.07, 6.45) is 3.87. The van der Waals surface area contributed by atoms with Gasteiger partial charge in [0.15, 0.2) is 0 Å². The molecule has 1 atom stereocenters. The number of fused-ring (bicyclic) bond motifs is 1. The molecule has 3 nitrogen and oxygen atoms in total. The molecule has 0 bridgehead atoms. The summed E-state index contributed by atoms with van der Waals surface area (Å²) in [4.78, 5) is 4.24. The van der Waals surface area contributed by atoms with E-state index in [1.54, 1.807) is 0 Å². The monoisotopic (exact) mass is 214 g/mol. The third-order valence-corrected chi connectivity index (χ3v) is 3.14. The Balaban J connectivity index is 1.86. The molecule has 3 heteroatoms. The van der Waals surface area contributed by atoms with Gasteiger partial charge < -0.3 is 9.30 Å². The Bertz CT molecular complexity index is 504. The van der Waals surface area contributed by atoms with Gasteiger partial charge in [-0.3, -0.25) is 0 Å². The molecule has 0 saturated carbocycles. The summed E-state index contributed by atoms with van der Waals surface area (Å²) in [6, 6.07) is 8.28. The van der Waals surface area contributed by atoms with Gasteiger partial charge >= 0.3 is 0 Å². The highest BCUT2D eigenvalue weighted by molar-refractivity contribution is 5.39. The number of para-hydroxylation sites is 1. The largest absolute Gasteiger partial charge is 0.493 e. The Morgan fingerprint density at radius 2 is 2.31 bits per heavy atom. The first-order valence-corrected chi connectivity index (χ1v) is 5.54. The van der Waals surface area contributed by atoms with Crippen LogP contribution in [0.4, 0.5) is 0 Å². The van der Waals surface area contributed by atoms with Crippen LogP contribution in [0.5, 0.6) is 5.75 Å². The number of nitrogens with zero attached hydrogens (tertiary/aromatic N) is 2. The fourth-order valence-corrected chi connectivity index (χ4v) is 2.21. The van der Waals surface area contributed by atoms with E-state index < -0.39 is 0 Å². The number of aryl methyl sites for hydroxylation is 1. The number of aromatic nitrogens is 2. The van der Waals surface area contributed by atoms with Crippen LogP contribution in [0.25, 0.3) is 0 Å². The molecule has 1 aliphatic heterocycles. The Morgan fingerprint density at radius 1 is 1.44 bits per heavy atom. The standard InChI is InChI=1S/C13H14N2O/c1-10-14-6-7-15(10)8-11-9-16-13-5-3-2-4-12(11)13/h2-7,11H,8-9H2,1H3. The summed E-state index contributed by atoms with van der Waals surface area (Å²) in [5, 5.41) is 0. The van der Waals surface area contributed by atoms with Crippen LogP contribution in [0.1, 0.15) is 17.3 Å². The predicted octanol–water partition coefficient (Wildman–Crippen LogP) is 2.37. The molecule has 16 heavy (non-hydrogen) atoms. The van der Waals surface area contributed by atoms with Crippen molar-refractivity contribution in [3.05, 3.63) is 48.0 Å². The van der Waals surface area contributed by atoms with E-state index in [-0.39, 0.29) is 0 Å². The Hall–Kier alpha value is -1.77. The van der Waals surface area contributed by atoms with Crippen molar-refractivity contribution in [2.75, 3.05) is 6.61 Å². The van der Waals surface area contributed by atoms with Crippen LogP contribution < -0.4 is 4.74 Å². The van der Waals surface area contributed by atoms with Crippen molar-refractivity contribution < 1.29 is 4.74 Å². The second-order valence-electron chi connectivity index (χ2n) is 4.17. The molecule has 0 radical (unpaired) electrons. The number of hydrogen-bond donors (Lipinski definition) is 0. The third-order valence-electron chi connectivity index (χ3n) is 3.14. The van der Waals surface area contributed by atoms with E-state index in [1.165, 1.54) is 5.56 Å². The smallest absolute Gasteiger partial charge is 0.122 e. The van der Waals surface area contributed by atoms with E-state index in [4.69, 9.17) is 4.74 Å². The Morgan fingerprint density at radius 3 is 3.12 bits per heavy atom. The summed E-state index contributed by atoms with van der Waals surface area (Å²) >= 11 is 0. The van der Waals surface area contributed by atoms with E-state index in [0.717, 1.165) is 24.7 Å². The number of imidazole rings is 1. The number of benzene rings is 1. The van der Waals surface area contributed by atoms with Crippen LogP contribution in [0.3, 0.4) is 0 Å². The highest BCUT2D eigenvalue weighted by Crippen LogP contribution is 2.34. The van der Waals surface area contributed by atoms with Crippen molar-refractivity contribution in [2.24, 2.45) is 0 Å². The molecule has 82 valence electrons. The average molecular weight is 214 g/mol. The predicted molar refractivity (Wildman–Crippen MR) is 61.6 cm³/mol. The molecule has 0 amide bonds. The molecule has 1 aromatic heterocycles. The van der Waals surface area contributed by atoms with Crippen LogP contribution >= 0.6 is 0 Å². The fraction of sp³-hybridized carbons (Fsp3) is 0.308. The molecule has 3 rings (SSSR count). The van der Waals surface area contributed by atoms with Crippen LogP contribution in [0, 0.1) is 6.92 Å². The third kappa shape index (κ3) is 1.48. The lowest BCUT2D eigenvalue weighted by atomic mass is 10.0. The lowest BCUT2D eigenvalue weighted by Crippen LogP contribution is -2.11. The minimum Gasteiger partial charge on any atom is -0.493 e. The molecule has 0 fully saturated rings. The van der Waals surface area contributed by atoms with Gasteiger partial charge in [-0.25, -0.2) is 4.98 Å². The SMILES string of the molecule is Cc1nccn1CC1COc2ccccc21. The minimum atomic E-state index is 0.448. The molecule has 0 saturated heterocycles. The summed E-state index contributed by atoms with van der Waals surface area (Å²) in [5.41, 5.74) is 1.32. The van der Waals surface area contributed by atoms with Crippen LogP contribution in [0.15, 0.2) is 36.7 Å². The first-order chi connectivity index (χ1) is 7.84. The van der Waals surface area contributed by atoms with Crippen LogP contribution in [0.2, 0.25) is 0 Å². The van der Waals surface area contributed by atoms with Crippen molar-refractivity contribution in [1.82, 2.24) is 9.55 Å². The van der Waals surface area contributed by atoms with Crippen LogP contribution in [-0.4, -0.2) is 16.2 Å². The number of hydrogen-bond acceptors (Lipinski definition) is 2. The van der Waals surface area contributed by atoms with Gasteiger partial charge in [-0.05, 0) is 13.0 Å². The normalized spacial score (nSPS) is 18.2. The molecule has 0 aliphatic carbocycles. The van der Waals surface area contributed by atoms with Crippen LogP contribution in [-0.2, 0) is 6.54 Å². The minimum absolute atomic E-state index is 0.448. The summed E-state index contributed by atoms with van der Waals surface area (Å²) < 4.78 is 7.84. The highest BCUT2D eigenvalue weighted by atomic mass is 16.5. The maximum absolute atomic E-state index is 5.67. The molecular formula is C13H14N2O. The van der Waals surface area contributed by atoms with Crippen molar-refractivity contribution >= 4 is 0 Å². The number of rotatable bonds is 2. The zero-order chi connectivity index (χ0) is 11.0. The van der Waals surface area contributed by atoms with E-state index in [2.05, 4.69) is 21.7 Å². The first kappa shape index (κ1) is 9.46. The molecule has 1 unspecified atom stereocenters. The Kier molecular flexibility index (Phi) is 2.17. The van der Waals surface area contributed by atoms with Gasteiger partial charge in [-0.15, -0.1) is 0 Å². The van der Waals surface area contributed by atoms with Gasteiger partial charge in [-0.1, -0.05) is 18.2 Å². The molecule has 2 aromatic rings. The second-order valence-corrected chi connectivity index (χ2v) is 4.17. The molecular weight excluding hydrogens is 200 g/mol. The van der Waals surface area contributed by atoms with Gasteiger partial charge in [0.1, 0.15) is 11.6 Å². The molecule has 1 aromatic carbocycles.